The molecule has 0 amide bonds. The van der Waals surface area contributed by atoms with E-state index in [4.69, 9.17) is 5.11 Å². The molecule has 0 atom stereocenters. The van der Waals surface area contributed by atoms with Gasteiger partial charge in [-0.1, -0.05) is 0 Å². The van der Waals surface area contributed by atoms with Gasteiger partial charge in [-0.3, -0.25) is 0 Å². The summed E-state index contributed by atoms with van der Waals surface area (Å²) in [6.45, 7) is 0. The summed E-state index contributed by atoms with van der Waals surface area (Å²) in [5.41, 5.74) is 1.97. The van der Waals surface area contributed by atoms with Crippen molar-refractivity contribution in [1.29, 1.82) is 0 Å². The van der Waals surface area contributed by atoms with Gasteiger partial charge in [-0.05, 0) is 18.2 Å². The van der Waals surface area contributed by atoms with Gasteiger partial charge in [-0.2, -0.15) is 0 Å². The Morgan fingerprint density at radius 3 is 3.15 bits per heavy atom. The lowest BCUT2D eigenvalue weighted by Crippen LogP contribution is -2.02. The van der Waals surface area contributed by atoms with Crippen LogP contribution in [-0.2, 0) is 0 Å². The summed E-state index contributed by atoms with van der Waals surface area (Å²) >= 11 is 1.22. The zero-order chi connectivity index (χ0) is 9.26. The number of carbonyl (C=O) groups is 1. The molecule has 5 heteroatoms. The van der Waals surface area contributed by atoms with Crippen LogP contribution in [0.2, 0.25) is 0 Å². The van der Waals surface area contributed by atoms with Gasteiger partial charge in [0.05, 0.1) is 23.4 Å². The third-order valence-corrected chi connectivity index (χ3v) is 2.22. The van der Waals surface area contributed by atoms with Gasteiger partial charge in [0.1, 0.15) is 0 Å². The highest BCUT2D eigenvalue weighted by Gasteiger charge is 2.09. The van der Waals surface area contributed by atoms with E-state index in [0.717, 1.165) is 11.3 Å². The Bertz CT molecular complexity index is 390. The van der Waals surface area contributed by atoms with Gasteiger partial charge < -0.3 is 9.83 Å². The van der Waals surface area contributed by atoms with Crippen molar-refractivity contribution in [2.24, 2.45) is 4.40 Å². The quantitative estimate of drug-likeness (QED) is 0.669. The Morgan fingerprint density at radius 2 is 2.38 bits per heavy atom. The lowest BCUT2D eigenvalue weighted by atomic mass is 10.1. The first-order chi connectivity index (χ1) is 6.27. The van der Waals surface area contributed by atoms with Gasteiger partial charge in [0.25, 0.3) is 0 Å². The number of anilines is 1. The smallest absolute Gasteiger partial charge is 0.335 e. The van der Waals surface area contributed by atoms with Crippen LogP contribution in [0.15, 0.2) is 22.6 Å². The molecule has 1 heterocycles. The molecule has 0 spiro atoms. The zero-order valence-corrected chi connectivity index (χ0v) is 7.34. The lowest BCUT2D eigenvalue weighted by Gasteiger charge is -2.10. The molecule has 0 aromatic heterocycles. The largest absolute Gasteiger partial charge is 0.478 e. The maximum atomic E-state index is 10.6. The fourth-order valence-electron chi connectivity index (χ4n) is 1.05. The predicted octanol–water partition coefficient (Wildman–Crippen LogP) is 1.79. The van der Waals surface area contributed by atoms with E-state index in [0.29, 0.717) is 0 Å². The number of benzene rings is 1. The van der Waals surface area contributed by atoms with Crippen LogP contribution in [0, 0.1) is 0 Å². The minimum Gasteiger partial charge on any atom is -0.478 e. The Morgan fingerprint density at radius 1 is 1.54 bits per heavy atom. The molecule has 2 N–H and O–H groups in total. The van der Waals surface area contributed by atoms with Gasteiger partial charge in [0, 0.05) is 11.8 Å². The maximum Gasteiger partial charge on any atom is 0.335 e. The summed E-state index contributed by atoms with van der Waals surface area (Å²) < 4.78 is 6.86. The van der Waals surface area contributed by atoms with Crippen LogP contribution in [0.3, 0.4) is 0 Å². The number of aromatic carboxylic acids is 1. The van der Waals surface area contributed by atoms with Crippen LogP contribution >= 0.6 is 12.1 Å². The molecule has 1 aliphatic rings. The molecule has 4 nitrogen and oxygen atoms in total. The fraction of sp³-hybridized carbons (Fsp3) is 0. The van der Waals surface area contributed by atoms with Gasteiger partial charge in [0.2, 0.25) is 0 Å². The monoisotopic (exact) mass is 194 g/mol. The molecule has 0 saturated carbocycles. The van der Waals surface area contributed by atoms with E-state index in [9.17, 15) is 4.79 Å². The first-order valence-corrected chi connectivity index (χ1v) is 4.37. The summed E-state index contributed by atoms with van der Waals surface area (Å²) in [4.78, 5) is 10.6. The fourth-order valence-corrected chi connectivity index (χ4v) is 1.56. The van der Waals surface area contributed by atoms with Gasteiger partial charge in [0.15, 0.2) is 0 Å². The molecule has 2 rings (SSSR count). The van der Waals surface area contributed by atoms with Gasteiger partial charge in [-0.15, -0.1) is 0 Å². The van der Waals surface area contributed by atoms with Crippen molar-refractivity contribution in [1.82, 2.24) is 0 Å². The number of nitrogens with zero attached hydrogens (tertiary/aromatic N) is 1. The minimum atomic E-state index is -0.922. The van der Waals surface area contributed by atoms with E-state index in [2.05, 4.69) is 9.12 Å². The van der Waals surface area contributed by atoms with Gasteiger partial charge in [-0.25, -0.2) is 9.19 Å². The molecular formula is C8H6N2O2S. The van der Waals surface area contributed by atoms with Crippen LogP contribution in [-0.4, -0.2) is 17.3 Å². The second-order valence-corrected chi connectivity index (χ2v) is 3.13. The number of nitrogens with one attached hydrogen (secondary N) is 1. The highest BCUT2D eigenvalue weighted by molar-refractivity contribution is 7.99. The Kier molecular flexibility index (Phi) is 1.94. The molecule has 66 valence electrons. The molecular weight excluding hydrogens is 188 g/mol. The molecule has 0 bridgehead atoms. The van der Waals surface area contributed by atoms with Crippen LogP contribution < -0.4 is 4.72 Å². The van der Waals surface area contributed by atoms with E-state index >= 15 is 0 Å². The van der Waals surface area contributed by atoms with Crippen molar-refractivity contribution in [3.63, 3.8) is 0 Å². The first-order valence-electron chi connectivity index (χ1n) is 3.60. The van der Waals surface area contributed by atoms with Crippen molar-refractivity contribution in [3.05, 3.63) is 29.3 Å². The predicted molar refractivity (Wildman–Crippen MR) is 52.2 cm³/mol. The number of hydrogen-bond donors (Lipinski definition) is 2. The van der Waals surface area contributed by atoms with Crippen LogP contribution in [0.1, 0.15) is 15.9 Å². The molecule has 13 heavy (non-hydrogen) atoms. The van der Waals surface area contributed by atoms with Crippen molar-refractivity contribution < 1.29 is 9.90 Å². The average Bonchev–Trinajstić information content (AvgIpc) is 2.17. The minimum absolute atomic E-state index is 0.277. The van der Waals surface area contributed by atoms with Crippen molar-refractivity contribution in [3.8, 4) is 0 Å². The molecule has 0 unspecified atom stereocenters. The maximum absolute atomic E-state index is 10.6. The lowest BCUT2D eigenvalue weighted by molar-refractivity contribution is 0.0697. The van der Waals surface area contributed by atoms with Crippen molar-refractivity contribution >= 4 is 30.0 Å². The van der Waals surface area contributed by atoms with E-state index in [1.54, 1.807) is 24.4 Å². The number of fused-ring (bicyclic) bond motifs is 1. The van der Waals surface area contributed by atoms with E-state index in [1.807, 2.05) is 0 Å². The molecule has 0 radical (unpaired) electrons. The van der Waals surface area contributed by atoms with Gasteiger partial charge >= 0.3 is 5.97 Å². The van der Waals surface area contributed by atoms with Crippen LogP contribution in [0.25, 0.3) is 0 Å². The average molecular weight is 194 g/mol. The van der Waals surface area contributed by atoms with E-state index < -0.39 is 5.97 Å². The number of rotatable bonds is 1. The highest BCUT2D eigenvalue weighted by atomic mass is 32.2. The Balaban J connectivity index is 2.48. The summed E-state index contributed by atoms with van der Waals surface area (Å²) in [7, 11) is 0. The number of hydrogen-bond acceptors (Lipinski definition) is 4. The topological polar surface area (TPSA) is 61.7 Å². The third kappa shape index (κ3) is 1.50. The Hall–Kier alpha value is -1.49. The molecule has 1 aliphatic heterocycles. The van der Waals surface area contributed by atoms with E-state index in [1.165, 1.54) is 12.1 Å². The second-order valence-electron chi connectivity index (χ2n) is 2.54. The first kappa shape index (κ1) is 8.12. The third-order valence-electron chi connectivity index (χ3n) is 1.70. The van der Waals surface area contributed by atoms with E-state index in [-0.39, 0.29) is 5.56 Å². The summed E-state index contributed by atoms with van der Waals surface area (Å²) in [5, 5.41) is 8.72. The Labute approximate surface area is 79.0 Å². The zero-order valence-electron chi connectivity index (χ0n) is 6.52. The molecule has 1 aromatic carbocycles. The molecule has 0 saturated heterocycles. The van der Waals surface area contributed by atoms with Crippen LogP contribution in [0.5, 0.6) is 0 Å². The SMILES string of the molecule is O=C(O)c1ccc2c(c1)C=NSN2. The number of carboxylic acids is 1. The van der Waals surface area contributed by atoms with Crippen LogP contribution in [0.4, 0.5) is 5.69 Å². The number of carboxylic acid groups (broad SMARTS) is 1. The highest BCUT2D eigenvalue weighted by Crippen LogP contribution is 2.23. The molecule has 0 fully saturated rings. The summed E-state index contributed by atoms with van der Waals surface area (Å²) in [6, 6.07) is 4.89. The summed E-state index contributed by atoms with van der Waals surface area (Å²) in [5.74, 6) is -0.922. The molecule has 0 aliphatic carbocycles. The standard InChI is InChI=1S/C8H6N2O2S/c11-8(12)5-1-2-7-6(3-5)4-9-13-10-7/h1-4,10H,(H,11,12). The second kappa shape index (κ2) is 3.10. The van der Waals surface area contributed by atoms with Crippen molar-refractivity contribution in [2.45, 2.75) is 0 Å². The normalized spacial score (nSPS) is 13.2. The van der Waals surface area contributed by atoms with Crippen molar-refractivity contribution in [2.75, 3.05) is 4.72 Å². The summed E-state index contributed by atoms with van der Waals surface area (Å²) in [6.07, 6.45) is 1.64. The molecule has 1 aromatic rings.